The summed E-state index contributed by atoms with van der Waals surface area (Å²) in [6.45, 7) is 3.77. The fourth-order valence-electron chi connectivity index (χ4n) is 4.39. The second-order valence-corrected chi connectivity index (χ2v) is 15.9. The van der Waals surface area contributed by atoms with E-state index in [2.05, 4.69) is 4.40 Å². The standard InChI is InChI=1S/C32H30N2O4S4/c1-25-13-17-30(18-14-25)41(35,36)33-24-32(40-28-11-7-4-8-12-28)22-21-29(39-27-9-5-3-6-10-27)23-34(32)42(37,38)31-19-15-26(2)16-20-31/h3-20,23-24H,21-22H2,1-2H3/b33-24+/t32-/m1/s1. The molecule has 1 aliphatic heterocycles. The minimum absolute atomic E-state index is 0.0452. The molecule has 0 spiro atoms. The molecule has 0 saturated carbocycles. The number of benzene rings is 4. The molecule has 1 heterocycles. The summed E-state index contributed by atoms with van der Waals surface area (Å²) in [5, 5.41) is 0. The van der Waals surface area contributed by atoms with Crippen molar-refractivity contribution in [2.75, 3.05) is 0 Å². The minimum atomic E-state index is -4.13. The highest BCUT2D eigenvalue weighted by atomic mass is 32.2. The predicted molar refractivity (Wildman–Crippen MR) is 172 cm³/mol. The van der Waals surface area contributed by atoms with Crippen LogP contribution in [0.2, 0.25) is 0 Å². The first-order valence-electron chi connectivity index (χ1n) is 13.2. The van der Waals surface area contributed by atoms with E-state index in [1.807, 2.05) is 74.5 Å². The molecule has 0 aliphatic carbocycles. The van der Waals surface area contributed by atoms with Crippen LogP contribution in [0.15, 0.2) is 144 Å². The van der Waals surface area contributed by atoms with Crippen molar-refractivity contribution in [2.24, 2.45) is 4.40 Å². The van der Waals surface area contributed by atoms with Crippen LogP contribution in [0.3, 0.4) is 0 Å². The highest BCUT2D eigenvalue weighted by Crippen LogP contribution is 2.48. The fraction of sp³-hybridized carbons (Fsp3) is 0.156. The number of allylic oxidation sites excluding steroid dienone is 1. The van der Waals surface area contributed by atoms with Gasteiger partial charge in [-0.05, 0) is 75.2 Å². The highest BCUT2D eigenvalue weighted by molar-refractivity contribution is 8.03. The number of aryl methyl sites for hydroxylation is 2. The SMILES string of the molecule is Cc1ccc(S(=O)(=O)/N=C/[C@]2(Sc3ccccc3)CCC(Sc3ccccc3)=CN2S(=O)(=O)c2ccc(C)cc2)cc1. The summed E-state index contributed by atoms with van der Waals surface area (Å²) in [7, 11) is -8.23. The molecule has 0 radical (unpaired) electrons. The molecule has 1 aliphatic rings. The summed E-state index contributed by atoms with van der Waals surface area (Å²) in [6, 6.07) is 32.2. The summed E-state index contributed by atoms with van der Waals surface area (Å²) in [4.78, 5) is 1.41. The highest BCUT2D eigenvalue weighted by Gasteiger charge is 2.45. The minimum Gasteiger partial charge on any atom is -0.251 e. The Labute approximate surface area is 256 Å². The number of nitrogens with zero attached hydrogens (tertiary/aromatic N) is 2. The first kappa shape index (κ1) is 30.2. The van der Waals surface area contributed by atoms with Crippen molar-refractivity contribution in [3.63, 3.8) is 0 Å². The lowest BCUT2D eigenvalue weighted by atomic mass is 10.1. The molecule has 0 fully saturated rings. The zero-order chi connectivity index (χ0) is 29.8. The van der Waals surface area contributed by atoms with Crippen LogP contribution in [0.5, 0.6) is 0 Å². The van der Waals surface area contributed by atoms with Crippen LogP contribution in [0.4, 0.5) is 0 Å². The van der Waals surface area contributed by atoms with E-state index in [0.29, 0.717) is 12.8 Å². The second-order valence-electron chi connectivity index (χ2n) is 9.91. The van der Waals surface area contributed by atoms with Crippen molar-refractivity contribution in [3.8, 4) is 0 Å². The normalized spacial score (nSPS) is 17.8. The first-order valence-corrected chi connectivity index (χ1v) is 17.8. The van der Waals surface area contributed by atoms with Crippen molar-refractivity contribution in [2.45, 2.75) is 51.1 Å². The lowest BCUT2D eigenvalue weighted by molar-refractivity contribution is 0.404. The Hall–Kier alpha value is -3.31. The van der Waals surface area contributed by atoms with Crippen molar-refractivity contribution in [1.29, 1.82) is 0 Å². The third kappa shape index (κ3) is 6.83. The Balaban J connectivity index is 1.66. The van der Waals surface area contributed by atoms with Gasteiger partial charge in [0.1, 0.15) is 4.87 Å². The summed E-state index contributed by atoms with van der Waals surface area (Å²) >= 11 is 2.76. The summed E-state index contributed by atoms with van der Waals surface area (Å²) in [5.41, 5.74) is 1.85. The van der Waals surface area contributed by atoms with Crippen molar-refractivity contribution in [1.82, 2.24) is 4.31 Å². The monoisotopic (exact) mass is 634 g/mol. The largest absolute Gasteiger partial charge is 0.282 e. The lowest BCUT2D eigenvalue weighted by Gasteiger charge is -2.42. The molecule has 1 atom stereocenters. The Morgan fingerprint density at radius 1 is 0.714 bits per heavy atom. The number of hydrogen-bond acceptors (Lipinski definition) is 6. The molecule has 5 rings (SSSR count). The average molecular weight is 635 g/mol. The molecule has 4 aromatic carbocycles. The van der Waals surface area contributed by atoms with Crippen LogP contribution in [0.25, 0.3) is 0 Å². The molecule has 0 bridgehead atoms. The van der Waals surface area contributed by atoms with Crippen LogP contribution in [-0.2, 0) is 20.0 Å². The molecule has 216 valence electrons. The number of hydrogen-bond donors (Lipinski definition) is 0. The Morgan fingerprint density at radius 2 is 1.24 bits per heavy atom. The Bertz CT molecular complexity index is 1810. The topological polar surface area (TPSA) is 83.9 Å². The molecular formula is C32H30N2O4S4. The van der Waals surface area contributed by atoms with Gasteiger partial charge >= 0.3 is 0 Å². The molecule has 0 N–H and O–H groups in total. The molecule has 0 amide bonds. The predicted octanol–water partition coefficient (Wildman–Crippen LogP) is 7.67. The van der Waals surface area contributed by atoms with E-state index in [1.54, 1.807) is 42.6 Å². The molecule has 10 heteroatoms. The van der Waals surface area contributed by atoms with E-state index >= 15 is 0 Å². The maximum atomic E-state index is 14.4. The first-order chi connectivity index (χ1) is 20.1. The van der Waals surface area contributed by atoms with Gasteiger partial charge in [-0.1, -0.05) is 95.3 Å². The van der Waals surface area contributed by atoms with Crippen molar-refractivity contribution < 1.29 is 16.8 Å². The number of thioether (sulfide) groups is 2. The van der Waals surface area contributed by atoms with Gasteiger partial charge in [-0.2, -0.15) is 12.8 Å². The van der Waals surface area contributed by atoms with E-state index in [1.165, 1.54) is 46.2 Å². The third-order valence-corrected chi connectivity index (χ3v) is 12.3. The molecule has 42 heavy (non-hydrogen) atoms. The zero-order valence-electron chi connectivity index (χ0n) is 23.1. The lowest BCUT2D eigenvalue weighted by Crippen LogP contribution is -2.49. The van der Waals surface area contributed by atoms with Gasteiger partial charge < -0.3 is 0 Å². The van der Waals surface area contributed by atoms with E-state index in [0.717, 1.165) is 25.8 Å². The van der Waals surface area contributed by atoms with E-state index in [-0.39, 0.29) is 9.79 Å². The zero-order valence-corrected chi connectivity index (χ0v) is 26.4. The molecule has 4 aromatic rings. The van der Waals surface area contributed by atoms with Gasteiger partial charge in [0.25, 0.3) is 20.0 Å². The van der Waals surface area contributed by atoms with Gasteiger partial charge in [0.05, 0.1) is 16.0 Å². The van der Waals surface area contributed by atoms with Crippen LogP contribution in [-0.4, -0.2) is 32.2 Å². The van der Waals surface area contributed by atoms with Crippen molar-refractivity contribution in [3.05, 3.63) is 131 Å². The molecule has 0 saturated heterocycles. The van der Waals surface area contributed by atoms with E-state index in [9.17, 15) is 16.8 Å². The fourth-order valence-corrected chi connectivity index (χ4v) is 9.48. The Kier molecular flexibility index (Phi) is 8.98. The Morgan fingerprint density at radius 3 is 1.81 bits per heavy atom. The average Bonchev–Trinajstić information content (AvgIpc) is 2.99. The van der Waals surface area contributed by atoms with Gasteiger partial charge in [0.2, 0.25) is 0 Å². The second kappa shape index (κ2) is 12.5. The molecule has 0 aromatic heterocycles. The van der Waals surface area contributed by atoms with Gasteiger partial charge in [-0.25, -0.2) is 8.42 Å². The number of rotatable bonds is 9. The van der Waals surface area contributed by atoms with Crippen molar-refractivity contribution >= 4 is 49.8 Å². The van der Waals surface area contributed by atoms with E-state index in [4.69, 9.17) is 0 Å². The van der Waals surface area contributed by atoms with Gasteiger partial charge in [0.15, 0.2) is 0 Å². The van der Waals surface area contributed by atoms with Crippen LogP contribution < -0.4 is 0 Å². The third-order valence-electron chi connectivity index (χ3n) is 6.68. The van der Waals surface area contributed by atoms with Crippen LogP contribution in [0.1, 0.15) is 24.0 Å². The maximum Gasteiger partial charge on any atom is 0.282 e. The molecule has 0 unspecified atom stereocenters. The van der Waals surface area contributed by atoms with Gasteiger partial charge in [-0.3, -0.25) is 4.31 Å². The maximum absolute atomic E-state index is 14.4. The van der Waals surface area contributed by atoms with Gasteiger partial charge in [0, 0.05) is 20.9 Å². The number of sulfonamides is 2. The van der Waals surface area contributed by atoms with Crippen LogP contribution >= 0.6 is 23.5 Å². The summed E-state index contributed by atoms with van der Waals surface area (Å²) in [5.74, 6) is 0. The van der Waals surface area contributed by atoms with Crippen LogP contribution in [0, 0.1) is 13.8 Å². The quantitative estimate of drug-likeness (QED) is 0.176. The molecule has 6 nitrogen and oxygen atoms in total. The summed E-state index contributed by atoms with van der Waals surface area (Å²) < 4.78 is 60.9. The summed E-state index contributed by atoms with van der Waals surface area (Å²) in [6.07, 6.45) is 3.76. The van der Waals surface area contributed by atoms with Gasteiger partial charge in [-0.15, -0.1) is 0 Å². The van der Waals surface area contributed by atoms with E-state index < -0.39 is 24.9 Å². The smallest absolute Gasteiger partial charge is 0.251 e. The molecular weight excluding hydrogens is 605 g/mol.